The summed E-state index contributed by atoms with van der Waals surface area (Å²) in [5, 5.41) is 24.8. The van der Waals surface area contributed by atoms with Gasteiger partial charge in [0.2, 0.25) is 6.11 Å². The van der Waals surface area contributed by atoms with Crippen LogP contribution in [0.25, 0.3) is 6.08 Å². The van der Waals surface area contributed by atoms with Crippen molar-refractivity contribution < 1.29 is 19.0 Å². The Hall–Kier alpha value is -4.30. The molecular weight excluding hydrogens is 469 g/mol. The van der Waals surface area contributed by atoms with Crippen LogP contribution in [-0.2, 0) is 20.9 Å². The molecular formula is C26H28BN7O3+. The monoisotopic (exact) mass is 497 g/mol. The molecule has 11 heteroatoms. The Morgan fingerprint density at radius 3 is 2.59 bits per heavy atom. The minimum Gasteiger partial charge on any atom is -0.374 e. The average molecular weight is 497 g/mol. The Bertz CT molecular complexity index is 1290. The van der Waals surface area contributed by atoms with Crippen molar-refractivity contribution in [1.82, 2.24) is 25.5 Å². The highest BCUT2D eigenvalue weighted by molar-refractivity contribution is 6.62. The van der Waals surface area contributed by atoms with Gasteiger partial charge in [-0.05, 0) is 26.3 Å². The van der Waals surface area contributed by atoms with Crippen LogP contribution in [-0.4, -0.2) is 56.6 Å². The molecule has 1 aliphatic heterocycles. The zero-order chi connectivity index (χ0) is 26.1. The fourth-order valence-electron chi connectivity index (χ4n) is 3.71. The Balaban J connectivity index is 1.58. The number of hydrogen-bond donors (Lipinski definition) is 1. The molecule has 4 rings (SSSR count). The van der Waals surface area contributed by atoms with Crippen LogP contribution in [0.15, 0.2) is 66.7 Å². The average Bonchev–Trinajstić information content (AvgIpc) is 3.35. The largest absolute Gasteiger partial charge is 0.585 e. The van der Waals surface area contributed by atoms with Gasteiger partial charge in [0.05, 0.1) is 31.7 Å². The lowest BCUT2D eigenvalue weighted by molar-refractivity contribution is -0.797. The number of aromatic nitrogens is 4. The van der Waals surface area contributed by atoms with E-state index in [0.29, 0.717) is 12.4 Å². The van der Waals surface area contributed by atoms with Crippen LogP contribution in [0.4, 0.5) is 0 Å². The summed E-state index contributed by atoms with van der Waals surface area (Å²) in [5.74, 6) is 0.0895. The normalized spacial score (nSPS) is 14.5. The van der Waals surface area contributed by atoms with E-state index in [9.17, 15) is 10.1 Å². The van der Waals surface area contributed by atoms with E-state index in [1.807, 2.05) is 72.8 Å². The summed E-state index contributed by atoms with van der Waals surface area (Å²) in [7, 11) is 1.50. The molecule has 1 unspecified atom stereocenters. The zero-order valence-electron chi connectivity index (χ0n) is 20.8. The lowest BCUT2D eigenvalue weighted by Gasteiger charge is -2.26. The second-order valence-corrected chi connectivity index (χ2v) is 8.98. The van der Waals surface area contributed by atoms with Crippen molar-refractivity contribution in [3.63, 3.8) is 0 Å². The van der Waals surface area contributed by atoms with Crippen LogP contribution in [0.1, 0.15) is 49.3 Å². The first-order valence-electron chi connectivity index (χ1n) is 11.9. The van der Waals surface area contributed by atoms with E-state index in [2.05, 4.69) is 26.9 Å². The summed E-state index contributed by atoms with van der Waals surface area (Å²) in [5.41, 5.74) is 1.00. The SMILES string of the molecule is CC(C)(C(=O)N[C@H](COCc1ccccc1)c1nnnn1C(C=Cc1ccccc1)CC#N)[N+]1=C[B]O1. The van der Waals surface area contributed by atoms with Crippen molar-refractivity contribution in [1.29, 1.82) is 5.26 Å². The van der Waals surface area contributed by atoms with Gasteiger partial charge in [0.25, 0.3) is 11.4 Å². The van der Waals surface area contributed by atoms with Crippen LogP contribution in [0.2, 0.25) is 0 Å². The first kappa shape index (κ1) is 25.8. The Morgan fingerprint density at radius 1 is 1.24 bits per heavy atom. The Kier molecular flexibility index (Phi) is 8.43. The zero-order valence-corrected chi connectivity index (χ0v) is 20.8. The van der Waals surface area contributed by atoms with Gasteiger partial charge in [-0.1, -0.05) is 72.8 Å². The molecule has 1 aromatic heterocycles. The standard InChI is InChI=1S/C26H27BN7O3/c1-26(2,33-19-27-37-33)25(35)29-23(18-36-17-21-11-7-4-8-12-21)24-30-31-32-34(24)22(15-16-28)14-13-20-9-5-3-6-10-20/h3-14,19,22-23H,15,17-18H2,1-2H3/p+1/t22?,23-/m1/s1. The smallest absolute Gasteiger partial charge is 0.374 e. The van der Waals surface area contributed by atoms with Crippen LogP contribution in [0.5, 0.6) is 0 Å². The molecule has 0 fully saturated rings. The molecule has 0 bridgehead atoms. The number of hydroxylamine groups is 1. The summed E-state index contributed by atoms with van der Waals surface area (Å²) in [4.78, 5) is 13.3. The van der Waals surface area contributed by atoms with Crippen molar-refractivity contribution in [3.05, 3.63) is 83.7 Å². The van der Waals surface area contributed by atoms with Gasteiger partial charge in [0, 0.05) is 13.8 Å². The molecule has 10 nitrogen and oxygen atoms in total. The van der Waals surface area contributed by atoms with E-state index < -0.39 is 17.6 Å². The maximum atomic E-state index is 13.3. The van der Waals surface area contributed by atoms with Crippen molar-refractivity contribution in [2.45, 2.75) is 44.5 Å². The predicted molar refractivity (Wildman–Crippen MR) is 137 cm³/mol. The van der Waals surface area contributed by atoms with Crippen LogP contribution >= 0.6 is 0 Å². The van der Waals surface area contributed by atoms with E-state index in [1.165, 1.54) is 12.2 Å². The molecule has 2 heterocycles. The number of carbonyl (C=O) groups is 1. The molecule has 1 radical (unpaired) electrons. The van der Waals surface area contributed by atoms with Gasteiger partial charge >= 0.3 is 7.48 Å². The van der Waals surface area contributed by atoms with Crippen LogP contribution in [0, 0.1) is 11.3 Å². The second kappa shape index (κ2) is 12.1. The summed E-state index contributed by atoms with van der Waals surface area (Å²) in [6.07, 6.45) is 5.63. The summed E-state index contributed by atoms with van der Waals surface area (Å²) < 4.78 is 14.3. The molecule has 187 valence electrons. The molecule has 0 saturated carbocycles. The number of nitrogens with one attached hydrogen (secondary N) is 1. The van der Waals surface area contributed by atoms with Crippen molar-refractivity contribution >= 4 is 25.6 Å². The minimum absolute atomic E-state index is 0.120. The lowest BCUT2D eigenvalue weighted by Crippen LogP contribution is -2.56. The number of allylic oxidation sites excluding steroid dienone is 1. The fourth-order valence-corrected chi connectivity index (χ4v) is 3.71. The molecule has 0 saturated heterocycles. The molecule has 3 aromatic rings. The van der Waals surface area contributed by atoms with Gasteiger partial charge in [-0.25, -0.2) is 4.68 Å². The van der Waals surface area contributed by atoms with E-state index >= 15 is 0 Å². The van der Waals surface area contributed by atoms with Crippen molar-refractivity contribution in [3.8, 4) is 6.07 Å². The molecule has 2 aromatic carbocycles. The molecule has 0 aliphatic carbocycles. The highest BCUT2D eigenvalue weighted by atomic mass is 16.6. The van der Waals surface area contributed by atoms with Crippen molar-refractivity contribution in [2.24, 2.45) is 0 Å². The number of ether oxygens (including phenoxy) is 1. The van der Waals surface area contributed by atoms with Gasteiger partial charge in [0.1, 0.15) is 6.04 Å². The molecule has 37 heavy (non-hydrogen) atoms. The molecule has 1 N–H and O–H groups in total. The minimum atomic E-state index is -0.982. The predicted octanol–water partition coefficient (Wildman–Crippen LogP) is 2.60. The third-order valence-electron chi connectivity index (χ3n) is 5.93. The van der Waals surface area contributed by atoms with Crippen LogP contribution in [0.3, 0.4) is 0 Å². The van der Waals surface area contributed by atoms with Gasteiger partial charge in [0.15, 0.2) is 5.82 Å². The number of benzene rings is 2. The first-order valence-corrected chi connectivity index (χ1v) is 11.9. The van der Waals surface area contributed by atoms with E-state index in [4.69, 9.17) is 9.49 Å². The second-order valence-electron chi connectivity index (χ2n) is 8.98. The van der Waals surface area contributed by atoms with Crippen LogP contribution < -0.4 is 5.32 Å². The summed E-state index contributed by atoms with van der Waals surface area (Å²) in [6, 6.07) is 20.6. The number of hydrogen-bond acceptors (Lipinski definition) is 7. The Labute approximate surface area is 216 Å². The Morgan fingerprint density at radius 2 is 1.95 bits per heavy atom. The lowest BCUT2D eigenvalue weighted by atomic mass is 9.97. The third kappa shape index (κ3) is 6.48. The number of rotatable bonds is 12. The fraction of sp³-hybridized carbons (Fsp3) is 0.308. The number of carbonyl (C=O) groups excluding carboxylic acids is 1. The maximum Gasteiger partial charge on any atom is 0.585 e. The van der Waals surface area contributed by atoms with E-state index in [-0.39, 0.29) is 18.9 Å². The maximum absolute atomic E-state index is 13.3. The van der Waals surface area contributed by atoms with Gasteiger partial charge < -0.3 is 14.8 Å². The highest BCUT2D eigenvalue weighted by Gasteiger charge is 2.46. The summed E-state index contributed by atoms with van der Waals surface area (Å²) >= 11 is 0. The topological polar surface area (TPSA) is 118 Å². The highest BCUT2D eigenvalue weighted by Crippen LogP contribution is 2.22. The number of nitriles is 1. The van der Waals surface area contributed by atoms with Gasteiger partial charge in [-0.2, -0.15) is 5.26 Å². The molecule has 1 amide bonds. The number of amides is 1. The quantitative estimate of drug-likeness (QED) is 0.302. The van der Waals surface area contributed by atoms with Gasteiger partial charge in [-0.3, -0.25) is 4.79 Å². The summed E-state index contributed by atoms with van der Waals surface area (Å²) in [6.45, 7) is 3.97. The van der Waals surface area contributed by atoms with Gasteiger partial charge in [-0.15, -0.1) is 5.10 Å². The third-order valence-corrected chi connectivity index (χ3v) is 5.93. The van der Waals surface area contributed by atoms with E-state index in [0.717, 1.165) is 11.1 Å². The molecule has 1 aliphatic rings. The number of nitrogens with zero attached hydrogens (tertiary/aromatic N) is 6. The molecule has 2 atom stereocenters. The molecule has 0 spiro atoms. The number of tetrazole rings is 1. The first-order chi connectivity index (χ1) is 18.0. The van der Waals surface area contributed by atoms with E-state index in [1.54, 1.807) is 24.6 Å². The van der Waals surface area contributed by atoms with Crippen molar-refractivity contribution in [2.75, 3.05) is 6.61 Å².